The predicted octanol–water partition coefficient (Wildman–Crippen LogP) is 11.7. The van der Waals surface area contributed by atoms with E-state index in [-0.39, 0.29) is 64.6 Å². The summed E-state index contributed by atoms with van der Waals surface area (Å²) >= 11 is 22.3. The number of nitrogens with zero attached hydrogens (tertiary/aromatic N) is 12. The zero-order valence-corrected chi connectivity index (χ0v) is 64.5. The number of piperazine rings is 2. The number of rotatable bonds is 6. The number of fused-ring (bicyclic) bond motifs is 2. The first-order valence-corrected chi connectivity index (χ1v) is 47.5. The Kier molecular flexibility index (Phi) is 29.3. The average Bonchev–Trinajstić information content (AvgIpc) is 4.40. The predicted molar refractivity (Wildman–Crippen MR) is 380 cm³/mol. The maximum atomic E-state index is 13.2. The number of carbonyl (C=O) groups excluding carboxylic acids is 2. The van der Waals surface area contributed by atoms with Crippen LogP contribution in [0.5, 0.6) is 0 Å². The number of carbonyl (C=O) groups is 2. The summed E-state index contributed by atoms with van der Waals surface area (Å²) in [6, 6.07) is 7.99. The van der Waals surface area contributed by atoms with Gasteiger partial charge in [0.05, 0.1) is 32.7 Å². The van der Waals surface area contributed by atoms with Crippen LogP contribution in [0, 0.1) is 13.8 Å². The zero-order valence-electron chi connectivity index (χ0n) is 47.4. The molecule has 10 rings (SSSR count). The normalized spacial score (nSPS) is 15.7. The molecule has 2 saturated carbocycles. The van der Waals surface area contributed by atoms with Crippen LogP contribution in [-0.4, -0.2) is 125 Å². The quantitative estimate of drug-likeness (QED) is 0.117. The molecule has 2 aliphatic carbocycles. The number of aryl methyl sites for hydroxylation is 2. The van der Waals surface area contributed by atoms with Gasteiger partial charge in [-0.05, 0) is 160 Å². The summed E-state index contributed by atoms with van der Waals surface area (Å²) in [5, 5.41) is 5.11. The molecule has 6 aromatic rings. The second kappa shape index (κ2) is 33.7. The SMILES string of the molecule is CC(C)(C)OC(=O)N1CCN(c2ccc(N)nc2)CC1.Cc1c(Br)c(=O)n(C2CCCC2)c2nc(Cl)ncc12.Cc1c(Br)c(=O)n(C2CCCC2)c2nc(Nc3ccc(N4CCN(C(=O)OC(C)(C)C)CC4)cn3)ncc12.I.II.I[I-]I. The first-order chi connectivity index (χ1) is 39.0. The Labute approximate surface area is 577 Å². The van der Waals surface area contributed by atoms with E-state index in [1.807, 2.05) is 84.4 Å². The van der Waals surface area contributed by atoms with E-state index in [4.69, 9.17) is 31.8 Å². The van der Waals surface area contributed by atoms with Crippen molar-refractivity contribution in [2.45, 2.75) is 130 Å². The number of nitrogens with one attached hydrogen (secondary N) is 1. The molecule has 0 aromatic carbocycles. The van der Waals surface area contributed by atoms with Gasteiger partial charge in [0.2, 0.25) is 11.2 Å². The summed E-state index contributed by atoms with van der Waals surface area (Å²) in [6.45, 7) is 20.5. The van der Waals surface area contributed by atoms with E-state index in [0.717, 1.165) is 97.7 Å². The topological polar surface area (TPSA) is 225 Å². The van der Waals surface area contributed by atoms with Gasteiger partial charge in [0.1, 0.15) is 34.1 Å². The van der Waals surface area contributed by atoms with Crippen molar-refractivity contribution in [3.05, 3.63) is 95.1 Å². The number of nitrogen functional groups attached to an aromatic ring is 1. The molecule has 0 spiro atoms. The van der Waals surface area contributed by atoms with E-state index >= 15 is 0 Å². The second-order valence-electron chi connectivity index (χ2n) is 21.8. The third-order valence-corrected chi connectivity index (χ3v) is 16.0. The molecule has 0 bridgehead atoms. The molecule has 456 valence electrons. The van der Waals surface area contributed by atoms with Crippen molar-refractivity contribution in [3.8, 4) is 0 Å². The molecule has 3 N–H and O–H groups in total. The van der Waals surface area contributed by atoms with Crippen LogP contribution in [0.25, 0.3) is 22.1 Å². The molecular weight excluding hydrogens is 1900 g/mol. The van der Waals surface area contributed by atoms with Crippen LogP contribution in [0.15, 0.2) is 67.6 Å². The van der Waals surface area contributed by atoms with Gasteiger partial charge in [-0.1, -0.05) is 25.7 Å². The number of pyridine rings is 4. The monoisotopic (exact) mass is 1960 g/mol. The van der Waals surface area contributed by atoms with Gasteiger partial charge < -0.3 is 40.1 Å². The number of ether oxygens (including phenoxy) is 2. The molecule has 29 heteroatoms. The Morgan fingerprint density at radius 1 is 0.639 bits per heavy atom. The minimum atomic E-state index is -0.501. The third kappa shape index (κ3) is 20.1. The molecule has 0 atom stereocenters. The van der Waals surface area contributed by atoms with E-state index in [2.05, 4.69) is 146 Å². The van der Waals surface area contributed by atoms with Crippen molar-refractivity contribution in [1.82, 2.24) is 48.8 Å². The number of halogens is 9. The molecule has 4 fully saturated rings. The Bertz CT molecular complexity index is 3240. The fraction of sp³-hybridized carbons (Fsp3) is 0.519. The second-order valence-corrected chi connectivity index (χ2v) is 40.0. The van der Waals surface area contributed by atoms with Crippen LogP contribution in [0.4, 0.5) is 38.5 Å². The van der Waals surface area contributed by atoms with Crippen LogP contribution in [0.2, 0.25) is 5.28 Å². The van der Waals surface area contributed by atoms with Crippen LogP contribution < -0.4 is 45.2 Å². The summed E-state index contributed by atoms with van der Waals surface area (Å²) in [4.78, 5) is 84.1. The Morgan fingerprint density at radius 3 is 1.42 bits per heavy atom. The molecule has 83 heavy (non-hydrogen) atoms. The van der Waals surface area contributed by atoms with Crippen molar-refractivity contribution in [2.75, 3.05) is 73.2 Å². The average molecular weight is 1970 g/mol. The van der Waals surface area contributed by atoms with Gasteiger partial charge in [-0.2, -0.15) is 9.97 Å². The van der Waals surface area contributed by atoms with E-state index in [0.29, 0.717) is 90.3 Å². The molecular formula is C54H70Br2ClI6N14O6-. The van der Waals surface area contributed by atoms with Crippen molar-refractivity contribution >= 4 is 205 Å². The van der Waals surface area contributed by atoms with Gasteiger partial charge >= 0.3 is 62.7 Å². The molecule has 8 heterocycles. The molecule has 0 unspecified atom stereocenters. The summed E-state index contributed by atoms with van der Waals surface area (Å²) in [7, 11) is 0. The Hall–Kier alpha value is -1.75. The van der Waals surface area contributed by atoms with Crippen molar-refractivity contribution in [2.24, 2.45) is 0 Å². The fourth-order valence-electron chi connectivity index (χ4n) is 9.94. The fourth-order valence-corrected chi connectivity index (χ4v) is 10.9. The molecule has 2 amide bonds. The van der Waals surface area contributed by atoms with Crippen LogP contribution in [0.1, 0.15) is 116 Å². The van der Waals surface area contributed by atoms with Crippen LogP contribution >= 0.6 is 142 Å². The first-order valence-electron chi connectivity index (χ1n) is 26.7. The number of hydrogen-bond donors (Lipinski definition) is 2. The molecule has 0 radical (unpaired) electrons. The van der Waals surface area contributed by atoms with Crippen molar-refractivity contribution in [1.29, 1.82) is 0 Å². The molecule has 6 aromatic heterocycles. The molecule has 20 nitrogen and oxygen atoms in total. The number of amides is 2. The minimum absolute atomic E-state index is 0. The molecule has 4 aliphatic rings. The maximum absolute atomic E-state index is 13.2. The standard InChI is InChI=1S/C27H34BrN7O3.C14H22N4O2.C13H13BrClN3O.I3.I2.HI/c1-17-20-16-30-25(32-23(20)35(24(36)22(17)28)18-7-5-6-8-18)31-21-10-9-19(15-29-21)33-11-13-34(14-12-33)26(37)38-27(2,3)4;1-14(2,3)20-13(19)18-8-6-17(7-9-18)11-4-5-12(15)16-10-11;1-7-9-6-16-13(15)17-11(9)18(12(19)10(7)14)8-4-2-3-5-8;1-3-2;1-2;/h9-10,15-16,18H,5-8,11-14H2,1-4H3,(H,29,30,31,32);4-5,10H,6-9H2,1-3H3,(H2,15,16);6,8H,2-5H2,1H3;;;1H/q;;;-1;;. The molecule has 2 aliphatic heterocycles. The Balaban J connectivity index is 0.000000237. The van der Waals surface area contributed by atoms with Gasteiger partial charge in [-0.25, -0.2) is 29.5 Å². The number of anilines is 5. The van der Waals surface area contributed by atoms with Crippen molar-refractivity contribution < 1.29 is 32.3 Å². The number of hydrogen-bond acceptors (Lipinski definition) is 16. The van der Waals surface area contributed by atoms with Crippen LogP contribution in [0.3, 0.4) is 0 Å². The van der Waals surface area contributed by atoms with Gasteiger partial charge in [-0.3, -0.25) is 18.7 Å². The summed E-state index contributed by atoms with van der Waals surface area (Å²) in [6.07, 6.45) is 15.1. The van der Waals surface area contributed by atoms with Gasteiger partial charge in [0.25, 0.3) is 11.1 Å². The van der Waals surface area contributed by atoms with Crippen molar-refractivity contribution in [3.63, 3.8) is 0 Å². The third-order valence-electron chi connectivity index (χ3n) is 14.0. The van der Waals surface area contributed by atoms with Gasteiger partial charge in [0, 0.05) is 125 Å². The summed E-state index contributed by atoms with van der Waals surface area (Å²) in [5.74, 6) is 1.53. The van der Waals surface area contributed by atoms with Crippen LogP contribution in [-0.2, 0) is 9.47 Å². The summed E-state index contributed by atoms with van der Waals surface area (Å²) < 4.78 is 15.6. The number of aromatic nitrogens is 8. The summed E-state index contributed by atoms with van der Waals surface area (Å²) in [5.41, 5.74) is 9.59. The van der Waals surface area contributed by atoms with Gasteiger partial charge in [-0.15, -0.1) is 24.0 Å². The van der Waals surface area contributed by atoms with Gasteiger partial charge in [0.15, 0.2) is 0 Å². The Morgan fingerprint density at radius 2 is 1.04 bits per heavy atom. The number of nitrogens with two attached hydrogens (primary N) is 1. The van der Waals surface area contributed by atoms with E-state index in [9.17, 15) is 19.2 Å². The van der Waals surface area contributed by atoms with E-state index in [1.165, 1.54) is 0 Å². The van der Waals surface area contributed by atoms with E-state index in [1.54, 1.807) is 39.0 Å². The zero-order chi connectivity index (χ0) is 60.1. The van der Waals surface area contributed by atoms with E-state index < -0.39 is 11.2 Å². The first kappa shape index (κ1) is 72.0. The molecule has 2 saturated heterocycles.